The average molecular weight is 255 g/mol. The van der Waals surface area contributed by atoms with Gasteiger partial charge >= 0.3 is 5.69 Å². The highest BCUT2D eigenvalue weighted by Gasteiger charge is 2.22. The lowest BCUT2D eigenvalue weighted by atomic mass is 10.2. The topological polar surface area (TPSA) is 102 Å². The zero-order valence-electron chi connectivity index (χ0n) is 10.6. The van der Waals surface area contributed by atoms with Crippen LogP contribution >= 0.6 is 0 Å². The Kier molecular flexibility index (Phi) is 5.25. The molecule has 1 unspecified atom stereocenters. The number of hydrogen-bond acceptors (Lipinski definition) is 7. The van der Waals surface area contributed by atoms with E-state index in [1.54, 1.807) is 14.2 Å². The molecular weight excluding hydrogens is 238 g/mol. The van der Waals surface area contributed by atoms with Crippen molar-refractivity contribution in [3.63, 3.8) is 0 Å². The molecule has 0 saturated carbocycles. The lowest BCUT2D eigenvalue weighted by Gasteiger charge is -2.14. The monoisotopic (exact) mass is 255 g/mol. The Morgan fingerprint density at radius 1 is 1.50 bits per heavy atom. The summed E-state index contributed by atoms with van der Waals surface area (Å²) < 4.78 is 4.95. The maximum Gasteiger partial charge on any atom is 0.353 e. The Morgan fingerprint density at radius 2 is 2.17 bits per heavy atom. The van der Waals surface area contributed by atoms with E-state index in [0.29, 0.717) is 6.61 Å². The molecule has 18 heavy (non-hydrogen) atoms. The Balaban J connectivity index is 2.90. The van der Waals surface area contributed by atoms with Gasteiger partial charge < -0.3 is 15.4 Å². The Hall–Kier alpha value is -1.96. The van der Waals surface area contributed by atoms with Crippen LogP contribution in [0.3, 0.4) is 0 Å². The Labute approximate surface area is 105 Å². The van der Waals surface area contributed by atoms with Crippen LogP contribution in [0.4, 0.5) is 17.3 Å². The molecule has 0 bridgehead atoms. The molecule has 0 aliphatic rings. The summed E-state index contributed by atoms with van der Waals surface area (Å²) in [4.78, 5) is 18.2. The fourth-order valence-electron chi connectivity index (χ4n) is 1.44. The fourth-order valence-corrected chi connectivity index (χ4v) is 1.44. The van der Waals surface area contributed by atoms with E-state index in [9.17, 15) is 10.1 Å². The van der Waals surface area contributed by atoms with E-state index in [1.165, 1.54) is 6.33 Å². The van der Waals surface area contributed by atoms with Gasteiger partial charge in [-0.2, -0.15) is 0 Å². The van der Waals surface area contributed by atoms with Crippen LogP contribution < -0.4 is 10.6 Å². The van der Waals surface area contributed by atoms with Gasteiger partial charge in [0.2, 0.25) is 11.6 Å². The quantitative estimate of drug-likeness (QED) is 0.558. The predicted molar refractivity (Wildman–Crippen MR) is 67.8 cm³/mol. The summed E-state index contributed by atoms with van der Waals surface area (Å²) in [6.45, 7) is 2.48. The summed E-state index contributed by atoms with van der Waals surface area (Å²) in [5, 5.41) is 16.7. The highest BCUT2D eigenvalue weighted by molar-refractivity contribution is 5.69. The first-order valence-electron chi connectivity index (χ1n) is 5.52. The van der Waals surface area contributed by atoms with Crippen LogP contribution in [-0.4, -0.2) is 41.7 Å². The van der Waals surface area contributed by atoms with Crippen molar-refractivity contribution in [2.24, 2.45) is 0 Å². The van der Waals surface area contributed by atoms with Crippen LogP contribution in [0.1, 0.15) is 13.3 Å². The van der Waals surface area contributed by atoms with Crippen molar-refractivity contribution in [3.8, 4) is 0 Å². The van der Waals surface area contributed by atoms with Crippen molar-refractivity contribution in [2.45, 2.75) is 19.4 Å². The summed E-state index contributed by atoms with van der Waals surface area (Å²) in [5.74, 6) is 0.402. The van der Waals surface area contributed by atoms with Gasteiger partial charge in [-0.1, -0.05) is 0 Å². The molecule has 100 valence electrons. The highest BCUT2D eigenvalue weighted by atomic mass is 16.6. The van der Waals surface area contributed by atoms with Crippen LogP contribution in [0.2, 0.25) is 0 Å². The Morgan fingerprint density at radius 3 is 2.72 bits per heavy atom. The molecular formula is C10H17N5O3. The molecule has 0 amide bonds. The summed E-state index contributed by atoms with van der Waals surface area (Å²) >= 11 is 0. The molecule has 1 aromatic rings. The largest absolute Gasteiger partial charge is 0.385 e. The zero-order chi connectivity index (χ0) is 13.5. The maximum atomic E-state index is 11.0. The third kappa shape index (κ3) is 3.52. The second kappa shape index (κ2) is 6.70. The summed E-state index contributed by atoms with van der Waals surface area (Å²) in [7, 11) is 3.19. The van der Waals surface area contributed by atoms with Crippen LogP contribution in [0.5, 0.6) is 0 Å². The van der Waals surface area contributed by atoms with Gasteiger partial charge in [-0.05, 0) is 13.3 Å². The Bertz CT molecular complexity index is 412. The van der Waals surface area contributed by atoms with Gasteiger partial charge in [-0.15, -0.1) is 0 Å². The van der Waals surface area contributed by atoms with E-state index in [1.807, 2.05) is 6.92 Å². The minimum Gasteiger partial charge on any atom is -0.385 e. The first-order chi connectivity index (χ1) is 8.60. The number of nitro groups is 1. The van der Waals surface area contributed by atoms with Gasteiger partial charge in [-0.3, -0.25) is 10.1 Å². The zero-order valence-corrected chi connectivity index (χ0v) is 10.6. The molecule has 1 heterocycles. The standard InChI is InChI=1S/C10H17N5O3/c1-7(4-5-18-3)14-10-8(15(16)17)9(11-2)12-6-13-10/h6-7H,4-5H2,1-3H3,(H2,11,12,13,14). The van der Waals surface area contributed by atoms with E-state index >= 15 is 0 Å². The van der Waals surface area contributed by atoms with Crippen molar-refractivity contribution in [1.82, 2.24) is 9.97 Å². The van der Waals surface area contributed by atoms with E-state index in [0.717, 1.165) is 6.42 Å². The molecule has 0 aliphatic carbocycles. The van der Waals surface area contributed by atoms with Gasteiger partial charge in [0.05, 0.1) is 4.92 Å². The normalized spacial score (nSPS) is 11.9. The predicted octanol–water partition coefficient (Wildman–Crippen LogP) is 1.26. The number of methoxy groups -OCH3 is 1. The first kappa shape index (κ1) is 14.1. The molecule has 0 saturated heterocycles. The van der Waals surface area contributed by atoms with E-state index in [2.05, 4.69) is 20.6 Å². The molecule has 8 nitrogen and oxygen atoms in total. The van der Waals surface area contributed by atoms with E-state index < -0.39 is 4.92 Å². The molecule has 1 atom stereocenters. The first-order valence-corrected chi connectivity index (χ1v) is 5.52. The molecule has 0 radical (unpaired) electrons. The van der Waals surface area contributed by atoms with E-state index in [-0.39, 0.29) is 23.4 Å². The van der Waals surface area contributed by atoms with Gasteiger partial charge in [0, 0.05) is 26.8 Å². The molecule has 1 rings (SSSR count). The number of nitrogens with one attached hydrogen (secondary N) is 2. The van der Waals surface area contributed by atoms with Crippen molar-refractivity contribution in [1.29, 1.82) is 0 Å². The van der Waals surface area contributed by atoms with Crippen molar-refractivity contribution >= 4 is 17.3 Å². The molecule has 0 aliphatic heterocycles. The molecule has 2 N–H and O–H groups in total. The maximum absolute atomic E-state index is 11.0. The van der Waals surface area contributed by atoms with Crippen molar-refractivity contribution < 1.29 is 9.66 Å². The lowest BCUT2D eigenvalue weighted by molar-refractivity contribution is -0.383. The second-order valence-electron chi connectivity index (χ2n) is 3.75. The van der Waals surface area contributed by atoms with Crippen molar-refractivity contribution in [3.05, 3.63) is 16.4 Å². The van der Waals surface area contributed by atoms with E-state index in [4.69, 9.17) is 4.74 Å². The fraction of sp³-hybridized carbons (Fsp3) is 0.600. The van der Waals surface area contributed by atoms with Crippen LogP contribution in [-0.2, 0) is 4.74 Å². The minimum atomic E-state index is -0.503. The molecule has 0 aromatic carbocycles. The minimum absolute atomic E-state index is 0.0169. The lowest BCUT2D eigenvalue weighted by Crippen LogP contribution is -2.19. The summed E-state index contributed by atoms with van der Waals surface area (Å²) in [6.07, 6.45) is 2.01. The molecule has 8 heteroatoms. The summed E-state index contributed by atoms with van der Waals surface area (Å²) in [5.41, 5.74) is -0.149. The number of anilines is 2. The van der Waals surface area contributed by atoms with Gasteiger partial charge in [-0.25, -0.2) is 9.97 Å². The molecule has 0 spiro atoms. The second-order valence-corrected chi connectivity index (χ2v) is 3.75. The van der Waals surface area contributed by atoms with Crippen LogP contribution in [0.25, 0.3) is 0 Å². The third-order valence-corrected chi connectivity index (χ3v) is 2.38. The highest BCUT2D eigenvalue weighted by Crippen LogP contribution is 2.28. The van der Waals surface area contributed by atoms with Gasteiger partial charge in [0.1, 0.15) is 6.33 Å². The summed E-state index contributed by atoms with van der Waals surface area (Å²) in [6, 6.07) is 0.0169. The van der Waals surface area contributed by atoms with Crippen LogP contribution in [0, 0.1) is 10.1 Å². The van der Waals surface area contributed by atoms with Crippen molar-refractivity contribution in [2.75, 3.05) is 31.4 Å². The molecule has 0 fully saturated rings. The number of aromatic nitrogens is 2. The number of rotatable bonds is 7. The third-order valence-electron chi connectivity index (χ3n) is 2.38. The average Bonchev–Trinajstić information content (AvgIpc) is 2.35. The van der Waals surface area contributed by atoms with Gasteiger partial charge in [0.25, 0.3) is 0 Å². The number of nitrogens with zero attached hydrogens (tertiary/aromatic N) is 3. The molecule has 1 aromatic heterocycles. The van der Waals surface area contributed by atoms with Gasteiger partial charge in [0.15, 0.2) is 0 Å². The number of hydrogen-bond donors (Lipinski definition) is 2. The van der Waals surface area contributed by atoms with Crippen LogP contribution in [0.15, 0.2) is 6.33 Å². The number of ether oxygens (including phenoxy) is 1. The smallest absolute Gasteiger partial charge is 0.353 e. The SMILES string of the molecule is CNc1ncnc(NC(C)CCOC)c1[N+](=O)[O-].